The summed E-state index contributed by atoms with van der Waals surface area (Å²) in [6.45, 7) is 6.41. The van der Waals surface area contributed by atoms with Crippen LogP contribution in [-0.2, 0) is 4.79 Å². The minimum absolute atomic E-state index is 0.188. The first kappa shape index (κ1) is 9.82. The lowest BCUT2D eigenvalue weighted by molar-refractivity contribution is -0.108. The van der Waals surface area contributed by atoms with Crippen molar-refractivity contribution >= 4 is 16.6 Å². The smallest absolute Gasteiger partial charge is 0.215 e. The van der Waals surface area contributed by atoms with Crippen LogP contribution in [0.5, 0.6) is 0 Å². The summed E-state index contributed by atoms with van der Waals surface area (Å²) in [6.07, 6.45) is 4.99. The highest BCUT2D eigenvalue weighted by Crippen LogP contribution is 2.48. The standard InChI is InChI=1S/C7H17NOS/c1-7(2,3)10(4,5)8-6-9/h6H,1-5H3,(H,8,9). The molecule has 0 aliphatic heterocycles. The van der Waals surface area contributed by atoms with Crippen molar-refractivity contribution in [1.82, 2.24) is 4.72 Å². The van der Waals surface area contributed by atoms with Crippen LogP contribution < -0.4 is 4.72 Å². The van der Waals surface area contributed by atoms with Gasteiger partial charge in [-0.1, -0.05) is 20.8 Å². The van der Waals surface area contributed by atoms with Crippen molar-refractivity contribution in [1.29, 1.82) is 0 Å². The van der Waals surface area contributed by atoms with Crippen LogP contribution in [0.15, 0.2) is 0 Å². The lowest BCUT2D eigenvalue weighted by atomic mass is 10.3. The summed E-state index contributed by atoms with van der Waals surface area (Å²) in [5.74, 6) is 0. The van der Waals surface area contributed by atoms with Crippen molar-refractivity contribution < 1.29 is 4.79 Å². The number of carbonyl (C=O) groups is 1. The molecule has 0 atom stereocenters. The molecule has 0 bridgehead atoms. The second kappa shape index (κ2) is 2.82. The number of rotatable bonds is 2. The van der Waals surface area contributed by atoms with Gasteiger partial charge in [-0.25, -0.2) is 0 Å². The molecule has 0 heterocycles. The number of carbonyl (C=O) groups excluding carboxylic acids is 1. The van der Waals surface area contributed by atoms with Crippen LogP contribution in [0.25, 0.3) is 0 Å². The highest BCUT2D eigenvalue weighted by molar-refractivity contribution is 8.32. The van der Waals surface area contributed by atoms with Crippen LogP contribution in [0.1, 0.15) is 20.8 Å². The molecule has 0 fully saturated rings. The Balaban J connectivity index is 4.23. The molecule has 0 aromatic rings. The van der Waals surface area contributed by atoms with Gasteiger partial charge in [-0.3, -0.25) is 4.79 Å². The van der Waals surface area contributed by atoms with Crippen LogP contribution in [0.3, 0.4) is 0 Å². The van der Waals surface area contributed by atoms with Gasteiger partial charge in [0.15, 0.2) is 0 Å². The van der Waals surface area contributed by atoms with E-state index in [2.05, 4.69) is 38.0 Å². The highest BCUT2D eigenvalue weighted by atomic mass is 32.3. The second-order valence-corrected chi connectivity index (χ2v) is 7.79. The van der Waals surface area contributed by atoms with Crippen molar-refractivity contribution in [3.05, 3.63) is 0 Å². The summed E-state index contributed by atoms with van der Waals surface area (Å²) in [5.41, 5.74) is 0. The zero-order valence-electron chi connectivity index (χ0n) is 7.39. The van der Waals surface area contributed by atoms with E-state index in [9.17, 15) is 4.79 Å². The molecule has 0 saturated heterocycles. The van der Waals surface area contributed by atoms with E-state index in [0.717, 1.165) is 6.41 Å². The Morgan fingerprint density at radius 2 is 1.70 bits per heavy atom. The molecule has 62 valence electrons. The highest BCUT2D eigenvalue weighted by Gasteiger charge is 2.26. The molecular weight excluding hydrogens is 146 g/mol. The first-order chi connectivity index (χ1) is 4.31. The van der Waals surface area contributed by atoms with E-state index in [0.29, 0.717) is 0 Å². The van der Waals surface area contributed by atoms with Crippen molar-refractivity contribution in [2.75, 3.05) is 12.5 Å². The third-order valence-corrected chi connectivity index (χ3v) is 5.62. The molecule has 0 radical (unpaired) electrons. The van der Waals surface area contributed by atoms with E-state index in [4.69, 9.17) is 0 Å². The van der Waals surface area contributed by atoms with Gasteiger partial charge in [0.25, 0.3) is 0 Å². The van der Waals surface area contributed by atoms with Gasteiger partial charge in [0.2, 0.25) is 6.41 Å². The maximum Gasteiger partial charge on any atom is 0.215 e. The normalized spacial score (nSPS) is 14.5. The first-order valence-corrected chi connectivity index (χ1v) is 5.70. The molecular formula is C7H17NOS. The van der Waals surface area contributed by atoms with E-state index in [1.54, 1.807) is 0 Å². The summed E-state index contributed by atoms with van der Waals surface area (Å²) >= 11 is 0. The second-order valence-electron chi connectivity index (χ2n) is 3.67. The topological polar surface area (TPSA) is 29.1 Å². The number of amides is 1. The Morgan fingerprint density at radius 1 is 1.30 bits per heavy atom. The SMILES string of the molecule is CC(C)(C)S(C)(C)NC=O. The first-order valence-electron chi connectivity index (χ1n) is 3.25. The molecule has 1 N–H and O–H groups in total. The van der Waals surface area contributed by atoms with Gasteiger partial charge in [-0.2, -0.15) is 10.2 Å². The van der Waals surface area contributed by atoms with Gasteiger partial charge in [0.1, 0.15) is 0 Å². The maximum absolute atomic E-state index is 10.2. The minimum Gasteiger partial charge on any atom is -0.321 e. The van der Waals surface area contributed by atoms with Crippen LogP contribution >= 0.6 is 10.2 Å². The molecule has 0 aliphatic carbocycles. The van der Waals surface area contributed by atoms with Gasteiger partial charge in [-0.05, 0) is 12.5 Å². The van der Waals surface area contributed by atoms with Crippen molar-refractivity contribution in [2.24, 2.45) is 0 Å². The number of nitrogens with one attached hydrogen (secondary N) is 1. The minimum atomic E-state index is -0.966. The zero-order chi connectivity index (χ0) is 8.41. The Morgan fingerprint density at radius 3 is 1.80 bits per heavy atom. The van der Waals surface area contributed by atoms with Crippen molar-refractivity contribution in [3.8, 4) is 0 Å². The molecule has 0 aromatic heterocycles. The summed E-state index contributed by atoms with van der Waals surface area (Å²) in [4.78, 5) is 10.2. The quantitative estimate of drug-likeness (QED) is 0.614. The third kappa shape index (κ3) is 2.21. The van der Waals surface area contributed by atoms with Crippen LogP contribution in [0, 0.1) is 0 Å². The molecule has 0 unspecified atom stereocenters. The fourth-order valence-electron chi connectivity index (χ4n) is 0.297. The Hall–Kier alpha value is -0.180. The lowest BCUT2D eigenvalue weighted by Crippen LogP contribution is -2.33. The number of hydrogen-bond acceptors (Lipinski definition) is 1. The third-order valence-electron chi connectivity index (χ3n) is 1.87. The van der Waals surface area contributed by atoms with Gasteiger partial charge < -0.3 is 4.72 Å². The fraction of sp³-hybridized carbons (Fsp3) is 0.857. The predicted octanol–water partition coefficient (Wildman–Crippen LogP) is 1.51. The van der Waals surface area contributed by atoms with E-state index in [1.165, 1.54) is 0 Å². The molecule has 2 nitrogen and oxygen atoms in total. The molecule has 0 rings (SSSR count). The zero-order valence-corrected chi connectivity index (χ0v) is 8.21. The summed E-state index contributed by atoms with van der Waals surface area (Å²) in [6, 6.07) is 0. The molecule has 3 heteroatoms. The Labute approximate surface area is 64.8 Å². The maximum atomic E-state index is 10.2. The Kier molecular flexibility index (Phi) is 2.77. The summed E-state index contributed by atoms with van der Waals surface area (Å²) < 4.78 is 3.05. The Bertz CT molecular complexity index is 126. The van der Waals surface area contributed by atoms with Gasteiger partial charge in [-0.15, -0.1) is 0 Å². The summed E-state index contributed by atoms with van der Waals surface area (Å²) in [7, 11) is -0.966. The van der Waals surface area contributed by atoms with Gasteiger partial charge in [0.05, 0.1) is 0 Å². The molecule has 0 aliphatic rings. The lowest BCUT2D eigenvalue weighted by Gasteiger charge is -2.43. The molecule has 0 saturated carbocycles. The largest absolute Gasteiger partial charge is 0.321 e. The fourth-order valence-corrected chi connectivity index (χ4v) is 0.891. The van der Waals surface area contributed by atoms with Crippen LogP contribution in [0.2, 0.25) is 0 Å². The van der Waals surface area contributed by atoms with E-state index >= 15 is 0 Å². The molecule has 1 amide bonds. The predicted molar refractivity (Wildman–Crippen MR) is 48.4 cm³/mol. The van der Waals surface area contributed by atoms with E-state index in [-0.39, 0.29) is 4.75 Å². The molecule has 10 heavy (non-hydrogen) atoms. The number of hydrogen-bond donors (Lipinski definition) is 1. The van der Waals surface area contributed by atoms with Crippen molar-refractivity contribution in [3.63, 3.8) is 0 Å². The average Bonchev–Trinajstić information content (AvgIpc) is 1.61. The summed E-state index contributed by atoms with van der Waals surface area (Å²) in [5, 5.41) is 0. The van der Waals surface area contributed by atoms with E-state index in [1.807, 2.05) is 0 Å². The average molecular weight is 163 g/mol. The van der Waals surface area contributed by atoms with Crippen LogP contribution in [0.4, 0.5) is 0 Å². The van der Waals surface area contributed by atoms with Gasteiger partial charge >= 0.3 is 0 Å². The molecule has 0 aromatic carbocycles. The van der Waals surface area contributed by atoms with Gasteiger partial charge in [0, 0.05) is 4.75 Å². The molecule has 0 spiro atoms. The van der Waals surface area contributed by atoms with E-state index < -0.39 is 10.2 Å². The van der Waals surface area contributed by atoms with Crippen molar-refractivity contribution in [2.45, 2.75) is 25.5 Å². The monoisotopic (exact) mass is 163 g/mol. The van der Waals surface area contributed by atoms with Crippen LogP contribution in [-0.4, -0.2) is 23.7 Å².